The van der Waals surface area contributed by atoms with Crippen LogP contribution in [0.2, 0.25) is 0 Å². The number of benzene rings is 3. The van der Waals surface area contributed by atoms with Gasteiger partial charge in [-0.1, -0.05) is 50.8 Å². The predicted molar refractivity (Wildman–Crippen MR) is 140 cm³/mol. The second-order valence-electron chi connectivity index (χ2n) is 8.72. The molecule has 4 rings (SSSR count). The molecule has 1 amide bonds. The van der Waals surface area contributed by atoms with Crippen LogP contribution in [-0.4, -0.2) is 27.5 Å². The molecule has 35 heavy (non-hydrogen) atoms. The maximum atomic E-state index is 13.2. The van der Waals surface area contributed by atoms with Gasteiger partial charge < -0.3 is 10.1 Å². The number of fused-ring (bicyclic) bond motifs is 1. The molecule has 184 valence electrons. The zero-order valence-corrected chi connectivity index (χ0v) is 20.9. The van der Waals surface area contributed by atoms with Gasteiger partial charge in [0.25, 0.3) is 15.9 Å². The van der Waals surface area contributed by atoms with Gasteiger partial charge in [0.05, 0.1) is 17.2 Å². The Kier molecular flexibility index (Phi) is 8.08. The molecule has 0 saturated heterocycles. The molecule has 0 radical (unpaired) electrons. The van der Waals surface area contributed by atoms with Crippen molar-refractivity contribution in [3.8, 4) is 5.75 Å². The van der Waals surface area contributed by atoms with E-state index in [4.69, 9.17) is 4.74 Å². The molecule has 3 aromatic rings. The monoisotopic (exact) mass is 492 g/mol. The molecule has 7 heteroatoms. The SMILES string of the molecule is CCCCCCCOc1ccc(C(=O)Nc2ccc(S(=O)(=O)N3CCc4ccccc43)cc2)cc1. The standard InChI is InChI=1S/C28H32N2O4S/c1-2-3-4-5-8-21-34-25-15-11-23(12-16-25)28(31)29-24-13-17-26(18-14-24)35(32,33)30-20-19-22-9-6-7-10-27(22)30/h6-7,9-18H,2-5,8,19-21H2,1H3,(H,29,31). The fraction of sp³-hybridized carbons (Fsp3) is 0.321. The number of hydrogen-bond donors (Lipinski definition) is 1. The van der Waals surface area contributed by atoms with Gasteiger partial charge in [-0.15, -0.1) is 0 Å². The summed E-state index contributed by atoms with van der Waals surface area (Å²) in [6.07, 6.45) is 6.61. The van der Waals surface area contributed by atoms with Crippen LogP contribution in [-0.2, 0) is 16.4 Å². The number of anilines is 2. The fourth-order valence-electron chi connectivity index (χ4n) is 4.20. The van der Waals surface area contributed by atoms with Crippen molar-refractivity contribution in [2.45, 2.75) is 50.3 Å². The van der Waals surface area contributed by atoms with Crippen LogP contribution >= 0.6 is 0 Å². The topological polar surface area (TPSA) is 75.7 Å². The lowest BCUT2D eigenvalue weighted by Crippen LogP contribution is -2.29. The number of carbonyl (C=O) groups is 1. The Morgan fingerprint density at radius 3 is 2.37 bits per heavy atom. The molecule has 0 aromatic heterocycles. The van der Waals surface area contributed by atoms with Gasteiger partial charge in [0.15, 0.2) is 0 Å². The van der Waals surface area contributed by atoms with Gasteiger partial charge in [0.1, 0.15) is 5.75 Å². The molecule has 1 heterocycles. The van der Waals surface area contributed by atoms with Gasteiger partial charge in [-0.3, -0.25) is 9.10 Å². The molecular weight excluding hydrogens is 460 g/mol. The highest BCUT2D eigenvalue weighted by molar-refractivity contribution is 7.92. The Morgan fingerprint density at radius 2 is 1.63 bits per heavy atom. The third-order valence-corrected chi connectivity index (χ3v) is 8.01. The lowest BCUT2D eigenvalue weighted by atomic mass is 10.1. The number of ether oxygens (including phenoxy) is 1. The molecule has 1 aliphatic rings. The maximum Gasteiger partial charge on any atom is 0.264 e. The molecule has 0 unspecified atom stereocenters. The van der Waals surface area contributed by atoms with Gasteiger partial charge in [-0.2, -0.15) is 0 Å². The number of nitrogens with one attached hydrogen (secondary N) is 1. The van der Waals surface area contributed by atoms with Crippen LogP contribution < -0.4 is 14.4 Å². The van der Waals surface area contributed by atoms with Crippen molar-refractivity contribution in [2.24, 2.45) is 0 Å². The van der Waals surface area contributed by atoms with E-state index in [0.717, 1.165) is 23.4 Å². The minimum Gasteiger partial charge on any atom is -0.494 e. The quantitative estimate of drug-likeness (QED) is 0.331. The third kappa shape index (κ3) is 6.03. The zero-order chi connectivity index (χ0) is 24.7. The van der Waals surface area contributed by atoms with E-state index in [1.165, 1.54) is 42.1 Å². The average Bonchev–Trinajstić information content (AvgIpc) is 3.32. The molecule has 0 saturated carbocycles. The van der Waals surface area contributed by atoms with E-state index in [2.05, 4.69) is 12.2 Å². The predicted octanol–water partition coefficient (Wildman–Crippen LogP) is 6.04. The van der Waals surface area contributed by atoms with E-state index in [1.54, 1.807) is 36.4 Å². The lowest BCUT2D eigenvalue weighted by Gasteiger charge is -2.19. The summed E-state index contributed by atoms with van der Waals surface area (Å²) < 4.78 is 33.5. The highest BCUT2D eigenvalue weighted by Gasteiger charge is 2.30. The first-order valence-corrected chi connectivity index (χ1v) is 13.7. The van der Waals surface area contributed by atoms with Crippen LogP contribution in [0.25, 0.3) is 0 Å². The van der Waals surface area contributed by atoms with E-state index >= 15 is 0 Å². The van der Waals surface area contributed by atoms with Crippen LogP contribution in [0.5, 0.6) is 5.75 Å². The summed E-state index contributed by atoms with van der Waals surface area (Å²) >= 11 is 0. The molecule has 1 N–H and O–H groups in total. The van der Waals surface area contributed by atoms with E-state index < -0.39 is 10.0 Å². The van der Waals surface area contributed by atoms with Crippen molar-refractivity contribution < 1.29 is 17.9 Å². The Bertz CT molecular complexity index is 1240. The first-order chi connectivity index (χ1) is 17.0. The molecule has 0 aliphatic carbocycles. The number of rotatable bonds is 11. The second kappa shape index (κ2) is 11.4. The summed E-state index contributed by atoms with van der Waals surface area (Å²) in [6, 6.07) is 20.9. The zero-order valence-electron chi connectivity index (χ0n) is 20.1. The summed E-state index contributed by atoms with van der Waals surface area (Å²) in [7, 11) is -3.66. The molecule has 0 fully saturated rings. The number of nitrogens with zero attached hydrogens (tertiary/aromatic N) is 1. The molecule has 3 aromatic carbocycles. The van der Waals surface area contributed by atoms with Crippen molar-refractivity contribution in [3.05, 3.63) is 83.9 Å². The number of amides is 1. The first-order valence-electron chi connectivity index (χ1n) is 12.2. The summed E-state index contributed by atoms with van der Waals surface area (Å²) in [5.74, 6) is 0.482. The third-order valence-electron chi connectivity index (χ3n) is 6.18. The molecule has 0 atom stereocenters. The molecular formula is C28H32N2O4S. The van der Waals surface area contributed by atoms with Gasteiger partial charge >= 0.3 is 0 Å². The molecule has 0 spiro atoms. The van der Waals surface area contributed by atoms with E-state index in [0.29, 0.717) is 30.8 Å². The van der Waals surface area contributed by atoms with Crippen LogP contribution in [0.4, 0.5) is 11.4 Å². The van der Waals surface area contributed by atoms with Gasteiger partial charge in [0, 0.05) is 17.8 Å². The highest BCUT2D eigenvalue weighted by atomic mass is 32.2. The van der Waals surface area contributed by atoms with Crippen molar-refractivity contribution in [2.75, 3.05) is 22.8 Å². The number of para-hydroxylation sites is 1. The van der Waals surface area contributed by atoms with E-state index in [-0.39, 0.29) is 10.8 Å². The minimum atomic E-state index is -3.66. The summed E-state index contributed by atoms with van der Waals surface area (Å²) in [4.78, 5) is 12.8. The van der Waals surface area contributed by atoms with Crippen molar-refractivity contribution in [3.63, 3.8) is 0 Å². The minimum absolute atomic E-state index is 0.198. The first kappa shape index (κ1) is 24.8. The number of sulfonamides is 1. The van der Waals surface area contributed by atoms with Crippen molar-refractivity contribution in [1.82, 2.24) is 0 Å². The summed E-state index contributed by atoms with van der Waals surface area (Å²) in [5, 5.41) is 2.83. The Hall–Kier alpha value is -3.32. The molecule has 0 bridgehead atoms. The van der Waals surface area contributed by atoms with Crippen LogP contribution in [0.3, 0.4) is 0 Å². The number of unbranched alkanes of at least 4 members (excludes halogenated alkanes) is 4. The highest BCUT2D eigenvalue weighted by Crippen LogP contribution is 2.32. The van der Waals surface area contributed by atoms with Crippen LogP contribution in [0.1, 0.15) is 54.9 Å². The van der Waals surface area contributed by atoms with Crippen LogP contribution in [0.15, 0.2) is 77.7 Å². The molecule has 1 aliphatic heterocycles. The van der Waals surface area contributed by atoms with Crippen LogP contribution in [0, 0.1) is 0 Å². The van der Waals surface area contributed by atoms with Gasteiger partial charge in [-0.25, -0.2) is 8.42 Å². The second-order valence-corrected chi connectivity index (χ2v) is 10.6. The smallest absolute Gasteiger partial charge is 0.264 e. The fourth-order valence-corrected chi connectivity index (χ4v) is 5.70. The average molecular weight is 493 g/mol. The molecule has 6 nitrogen and oxygen atoms in total. The van der Waals surface area contributed by atoms with E-state index in [1.807, 2.05) is 24.3 Å². The number of carbonyl (C=O) groups excluding carboxylic acids is 1. The maximum absolute atomic E-state index is 13.2. The largest absolute Gasteiger partial charge is 0.494 e. The Morgan fingerprint density at radius 1 is 0.914 bits per heavy atom. The van der Waals surface area contributed by atoms with Crippen molar-refractivity contribution >= 4 is 27.3 Å². The Balaban J connectivity index is 1.33. The summed E-state index contributed by atoms with van der Waals surface area (Å²) in [6.45, 7) is 3.30. The Labute approximate surface area is 208 Å². The lowest BCUT2D eigenvalue weighted by molar-refractivity contribution is 0.102. The number of hydrogen-bond acceptors (Lipinski definition) is 4. The van der Waals surface area contributed by atoms with Gasteiger partial charge in [-0.05, 0) is 73.0 Å². The van der Waals surface area contributed by atoms with Crippen molar-refractivity contribution in [1.29, 1.82) is 0 Å². The normalized spacial score (nSPS) is 12.9. The van der Waals surface area contributed by atoms with E-state index in [9.17, 15) is 13.2 Å². The summed E-state index contributed by atoms with van der Waals surface area (Å²) in [5.41, 5.74) is 2.80. The van der Waals surface area contributed by atoms with Gasteiger partial charge in [0.2, 0.25) is 0 Å².